The molecule has 0 aliphatic rings. The second kappa shape index (κ2) is 7.07. The molecule has 0 aromatic rings. The minimum Gasteiger partial charge on any atom is -0.300 e. The minimum absolute atomic E-state index is 0.301. The zero-order chi connectivity index (χ0) is 7.82. The Bertz CT molecular complexity index is 135. The number of rotatable bonds is 5. The molecule has 0 saturated heterocycles. The van der Waals surface area contributed by atoms with Crippen LogP contribution in [-0.2, 0) is 4.79 Å². The molecule has 0 atom stereocenters. The minimum atomic E-state index is 0.301. The van der Waals surface area contributed by atoms with E-state index in [0.29, 0.717) is 25.0 Å². The number of hydrogen-bond acceptors (Lipinski definition) is 1. The Morgan fingerprint density at radius 2 is 2.20 bits per heavy atom. The summed E-state index contributed by atoms with van der Waals surface area (Å²) in [5.74, 6) is 2.75. The first-order valence-corrected chi connectivity index (χ1v) is 4.85. The zero-order valence-electron chi connectivity index (χ0n) is 5.90. The predicted octanol–water partition coefficient (Wildman–Crippen LogP) is 2.18. The number of carbonyl (C=O) groups is 1. The second-order valence-corrected chi connectivity index (χ2v) is 3.11. The zero-order valence-corrected chi connectivity index (χ0v) is 8.06. The van der Waals surface area contributed by atoms with E-state index in [1.54, 1.807) is 0 Å². The van der Waals surface area contributed by atoms with Crippen LogP contribution in [0.25, 0.3) is 0 Å². The second-order valence-electron chi connectivity index (χ2n) is 2.04. The monoisotopic (exact) mass is 250 g/mol. The molecule has 0 aromatic heterocycles. The van der Waals surface area contributed by atoms with E-state index in [-0.39, 0.29) is 0 Å². The van der Waals surface area contributed by atoms with Crippen LogP contribution in [0, 0.1) is 12.3 Å². The fourth-order valence-corrected chi connectivity index (χ4v) is 0.982. The highest BCUT2D eigenvalue weighted by atomic mass is 127. The Kier molecular flexibility index (Phi) is 7.04. The molecule has 0 N–H and O–H groups in total. The van der Waals surface area contributed by atoms with Crippen LogP contribution in [0.3, 0.4) is 0 Å². The van der Waals surface area contributed by atoms with Crippen LogP contribution >= 0.6 is 22.6 Å². The summed E-state index contributed by atoms with van der Waals surface area (Å²) in [6.45, 7) is 0. The summed E-state index contributed by atoms with van der Waals surface area (Å²) in [6.07, 6.45) is 7.85. The third-order valence-electron chi connectivity index (χ3n) is 1.14. The van der Waals surface area contributed by atoms with Crippen molar-refractivity contribution in [1.82, 2.24) is 0 Å². The summed E-state index contributed by atoms with van der Waals surface area (Å²) in [6, 6.07) is 0. The summed E-state index contributed by atoms with van der Waals surface area (Å²) < 4.78 is 1.06. The van der Waals surface area contributed by atoms with Gasteiger partial charge in [-0.25, -0.2) is 0 Å². The Labute approximate surface area is 75.7 Å². The fraction of sp³-hybridized carbons (Fsp3) is 0.625. The van der Waals surface area contributed by atoms with Crippen molar-refractivity contribution in [2.75, 3.05) is 4.43 Å². The van der Waals surface area contributed by atoms with Crippen LogP contribution < -0.4 is 0 Å². The van der Waals surface area contributed by atoms with Gasteiger partial charge in [-0.3, -0.25) is 4.79 Å². The van der Waals surface area contributed by atoms with E-state index in [2.05, 4.69) is 28.5 Å². The van der Waals surface area contributed by atoms with Gasteiger partial charge in [0.05, 0.1) is 0 Å². The molecule has 0 bridgehead atoms. The average Bonchev–Trinajstić information content (AvgIpc) is 1.97. The SMILES string of the molecule is C#CCCC(=O)CCCI. The largest absolute Gasteiger partial charge is 0.300 e. The van der Waals surface area contributed by atoms with E-state index in [0.717, 1.165) is 10.8 Å². The smallest absolute Gasteiger partial charge is 0.133 e. The summed E-state index contributed by atoms with van der Waals surface area (Å²) in [5.41, 5.74) is 0. The lowest BCUT2D eigenvalue weighted by Crippen LogP contribution is -1.96. The van der Waals surface area contributed by atoms with Gasteiger partial charge in [0.25, 0.3) is 0 Å². The van der Waals surface area contributed by atoms with Crippen LogP contribution in [-0.4, -0.2) is 10.2 Å². The number of terminal acetylenes is 1. The summed E-state index contributed by atoms with van der Waals surface area (Å²) in [4.78, 5) is 10.9. The van der Waals surface area contributed by atoms with Gasteiger partial charge < -0.3 is 0 Å². The molecule has 0 unspecified atom stereocenters. The number of ketones is 1. The summed E-state index contributed by atoms with van der Waals surface area (Å²) >= 11 is 2.27. The van der Waals surface area contributed by atoms with Gasteiger partial charge in [0, 0.05) is 19.3 Å². The van der Waals surface area contributed by atoms with E-state index < -0.39 is 0 Å². The van der Waals surface area contributed by atoms with Crippen molar-refractivity contribution in [3.8, 4) is 12.3 Å². The van der Waals surface area contributed by atoms with Gasteiger partial charge in [-0.2, -0.15) is 0 Å². The van der Waals surface area contributed by atoms with Gasteiger partial charge in [0.1, 0.15) is 5.78 Å². The molecule has 0 saturated carbocycles. The van der Waals surface area contributed by atoms with E-state index in [1.807, 2.05) is 0 Å². The molecule has 2 heteroatoms. The number of hydrogen-bond donors (Lipinski definition) is 0. The summed E-state index contributed by atoms with van der Waals surface area (Å²) in [7, 11) is 0. The van der Waals surface area contributed by atoms with Crippen molar-refractivity contribution in [2.24, 2.45) is 0 Å². The normalized spacial score (nSPS) is 8.80. The standard InChI is InChI=1S/C8H11IO/c1-2-3-5-8(10)6-4-7-9/h1H,3-7H2. The molecule has 0 aliphatic carbocycles. The first kappa shape index (κ1) is 9.96. The van der Waals surface area contributed by atoms with Gasteiger partial charge >= 0.3 is 0 Å². The van der Waals surface area contributed by atoms with Crippen LogP contribution in [0.4, 0.5) is 0 Å². The molecular weight excluding hydrogens is 239 g/mol. The quantitative estimate of drug-likeness (QED) is 0.415. The van der Waals surface area contributed by atoms with Crippen molar-refractivity contribution >= 4 is 28.4 Å². The third kappa shape index (κ3) is 6.09. The van der Waals surface area contributed by atoms with Crippen LogP contribution in [0.15, 0.2) is 0 Å². The fourth-order valence-electron chi connectivity index (χ4n) is 0.601. The molecule has 0 heterocycles. The molecule has 56 valence electrons. The topological polar surface area (TPSA) is 17.1 Å². The average molecular weight is 250 g/mol. The lowest BCUT2D eigenvalue weighted by atomic mass is 10.1. The van der Waals surface area contributed by atoms with E-state index in [4.69, 9.17) is 6.42 Å². The van der Waals surface area contributed by atoms with Crippen LogP contribution in [0.1, 0.15) is 25.7 Å². The number of Topliss-reactive ketones (excluding diaryl/α,β-unsaturated/α-hetero) is 1. The van der Waals surface area contributed by atoms with Gasteiger partial charge in [0.2, 0.25) is 0 Å². The third-order valence-corrected chi connectivity index (χ3v) is 1.90. The molecule has 0 aliphatic heterocycles. The van der Waals surface area contributed by atoms with E-state index >= 15 is 0 Å². The number of carbonyl (C=O) groups excluding carboxylic acids is 1. The van der Waals surface area contributed by atoms with Gasteiger partial charge in [-0.05, 0) is 10.8 Å². The van der Waals surface area contributed by atoms with Crippen LogP contribution in [0.2, 0.25) is 0 Å². The molecule has 0 fully saturated rings. The molecular formula is C8H11IO. The lowest BCUT2D eigenvalue weighted by molar-refractivity contribution is -0.118. The van der Waals surface area contributed by atoms with E-state index in [9.17, 15) is 4.79 Å². The maximum Gasteiger partial charge on any atom is 0.133 e. The molecule has 1 nitrogen and oxygen atoms in total. The van der Waals surface area contributed by atoms with Gasteiger partial charge in [0.15, 0.2) is 0 Å². The molecule has 0 amide bonds. The van der Waals surface area contributed by atoms with E-state index in [1.165, 1.54) is 0 Å². The first-order valence-electron chi connectivity index (χ1n) is 3.32. The highest BCUT2D eigenvalue weighted by Gasteiger charge is 1.98. The van der Waals surface area contributed by atoms with Crippen molar-refractivity contribution in [3.63, 3.8) is 0 Å². The molecule has 0 radical (unpaired) electrons. The molecule has 0 rings (SSSR count). The van der Waals surface area contributed by atoms with Crippen LogP contribution in [0.5, 0.6) is 0 Å². The van der Waals surface area contributed by atoms with Crippen molar-refractivity contribution in [1.29, 1.82) is 0 Å². The Balaban J connectivity index is 3.19. The maximum absolute atomic E-state index is 10.9. The lowest BCUT2D eigenvalue weighted by Gasteiger charge is -1.93. The van der Waals surface area contributed by atoms with Gasteiger partial charge in [-0.15, -0.1) is 12.3 Å². The number of alkyl halides is 1. The number of halogens is 1. The van der Waals surface area contributed by atoms with Crippen molar-refractivity contribution in [2.45, 2.75) is 25.7 Å². The van der Waals surface area contributed by atoms with Crippen molar-refractivity contribution < 1.29 is 4.79 Å². The molecule has 10 heavy (non-hydrogen) atoms. The predicted molar refractivity (Wildman–Crippen MR) is 51.2 cm³/mol. The molecule has 0 aromatic carbocycles. The summed E-state index contributed by atoms with van der Waals surface area (Å²) in [5, 5.41) is 0. The van der Waals surface area contributed by atoms with Gasteiger partial charge in [-0.1, -0.05) is 22.6 Å². The Morgan fingerprint density at radius 1 is 1.50 bits per heavy atom. The Hall–Kier alpha value is -0.0400. The first-order chi connectivity index (χ1) is 4.81. The maximum atomic E-state index is 10.9. The van der Waals surface area contributed by atoms with Crippen molar-refractivity contribution in [3.05, 3.63) is 0 Å². The molecule has 0 spiro atoms. The highest BCUT2D eigenvalue weighted by molar-refractivity contribution is 14.1. The highest BCUT2D eigenvalue weighted by Crippen LogP contribution is 1.99. The Morgan fingerprint density at radius 3 is 2.70 bits per heavy atom.